The van der Waals surface area contributed by atoms with Crippen LogP contribution in [0.1, 0.15) is 22.4 Å². The fourth-order valence-electron chi connectivity index (χ4n) is 5.06. The van der Waals surface area contributed by atoms with Gasteiger partial charge < -0.3 is 19.9 Å². The number of amides is 1. The molecule has 0 saturated carbocycles. The van der Waals surface area contributed by atoms with Gasteiger partial charge in [-0.05, 0) is 36.1 Å². The first-order valence-electron chi connectivity index (χ1n) is 13.4. The van der Waals surface area contributed by atoms with Crippen molar-refractivity contribution in [1.29, 1.82) is 0 Å². The lowest BCUT2D eigenvalue weighted by molar-refractivity contribution is 0.0977. The van der Waals surface area contributed by atoms with Crippen LogP contribution in [0.15, 0.2) is 79.3 Å². The van der Waals surface area contributed by atoms with E-state index in [0.29, 0.717) is 49.7 Å². The number of nitrogens with one attached hydrogen (secondary N) is 2. The lowest BCUT2D eigenvalue weighted by atomic mass is 10.1. The first kappa shape index (κ1) is 25.5. The summed E-state index contributed by atoms with van der Waals surface area (Å²) in [6, 6.07) is 19.2. The number of ether oxygens (including phenoxy) is 1. The van der Waals surface area contributed by atoms with Gasteiger partial charge in [-0.25, -0.2) is 19.2 Å². The number of fused-ring (bicyclic) bond motifs is 2. The molecule has 5 aromatic rings. The molecular weight excluding hydrogens is 507 g/mol. The van der Waals surface area contributed by atoms with E-state index in [2.05, 4.69) is 27.4 Å². The van der Waals surface area contributed by atoms with Crippen LogP contribution in [-0.4, -0.2) is 50.6 Å². The molecule has 0 unspecified atom stereocenters. The zero-order valence-corrected chi connectivity index (χ0v) is 21.9. The highest BCUT2D eigenvalue weighted by molar-refractivity contribution is 5.83. The maximum absolute atomic E-state index is 14.0. The largest absolute Gasteiger partial charge is 0.445 e. The van der Waals surface area contributed by atoms with Crippen molar-refractivity contribution < 1.29 is 13.9 Å². The molecule has 9 heteroatoms. The van der Waals surface area contributed by atoms with Crippen molar-refractivity contribution in [2.75, 3.05) is 25.0 Å². The lowest BCUT2D eigenvalue weighted by Crippen LogP contribution is -2.33. The van der Waals surface area contributed by atoms with Gasteiger partial charge in [0.2, 0.25) is 0 Å². The van der Waals surface area contributed by atoms with Crippen LogP contribution >= 0.6 is 0 Å². The number of benzene rings is 2. The number of rotatable bonds is 7. The second-order valence-electron chi connectivity index (χ2n) is 9.78. The summed E-state index contributed by atoms with van der Waals surface area (Å²) in [7, 11) is 0. The third-order valence-electron chi connectivity index (χ3n) is 7.13. The summed E-state index contributed by atoms with van der Waals surface area (Å²) >= 11 is 0. The van der Waals surface area contributed by atoms with Gasteiger partial charge in [0.05, 0.1) is 11.9 Å². The predicted molar refractivity (Wildman–Crippen MR) is 151 cm³/mol. The summed E-state index contributed by atoms with van der Waals surface area (Å²) in [5.74, 6) is 0.654. The average Bonchev–Trinajstić information content (AvgIpc) is 3.26. The number of aromatic nitrogens is 4. The Hall–Kier alpha value is -4.79. The molecule has 1 aliphatic rings. The molecule has 0 atom stereocenters. The number of aromatic amines is 1. The highest BCUT2D eigenvalue weighted by atomic mass is 19.1. The molecule has 202 valence electrons. The Kier molecular flexibility index (Phi) is 7.34. The maximum Gasteiger partial charge on any atom is 0.410 e. The SMILES string of the molecule is O=C(OCc1ccccc1)N1CCc2nc(-c3cncc(F)c3)nc(NCCc3c[nH]c4ccccc34)c2CC1. The highest BCUT2D eigenvalue weighted by Gasteiger charge is 2.24. The third kappa shape index (κ3) is 5.63. The van der Waals surface area contributed by atoms with E-state index in [0.717, 1.165) is 35.0 Å². The number of nitrogens with zero attached hydrogens (tertiary/aromatic N) is 4. The fraction of sp³-hybridized carbons (Fsp3) is 0.226. The molecule has 40 heavy (non-hydrogen) atoms. The van der Waals surface area contributed by atoms with Gasteiger partial charge in [0.1, 0.15) is 18.2 Å². The van der Waals surface area contributed by atoms with Crippen molar-refractivity contribution >= 4 is 22.8 Å². The molecule has 0 spiro atoms. The summed E-state index contributed by atoms with van der Waals surface area (Å²) in [6.07, 6.45) is 6.30. The molecule has 0 saturated heterocycles. The lowest BCUT2D eigenvalue weighted by Gasteiger charge is -2.19. The summed E-state index contributed by atoms with van der Waals surface area (Å²) < 4.78 is 19.6. The standard InChI is InChI=1S/C31H29FN6O2/c32-24-16-23(17-33-19-24)29-36-28-12-15-38(31(39)40-20-21-6-2-1-3-7-21)14-11-26(28)30(37-29)34-13-10-22-18-35-27-9-5-4-8-25(22)27/h1-9,16-19,35H,10-15,20H2,(H,34,36,37). The second-order valence-corrected chi connectivity index (χ2v) is 9.78. The fourth-order valence-corrected chi connectivity index (χ4v) is 5.06. The molecule has 6 rings (SSSR count). The Morgan fingerprint density at radius 1 is 1.02 bits per heavy atom. The van der Waals surface area contributed by atoms with E-state index in [4.69, 9.17) is 14.7 Å². The van der Waals surface area contributed by atoms with Crippen LogP contribution in [0.4, 0.5) is 15.0 Å². The van der Waals surface area contributed by atoms with Gasteiger partial charge >= 0.3 is 6.09 Å². The number of carbonyl (C=O) groups is 1. The van der Waals surface area contributed by atoms with E-state index in [-0.39, 0.29) is 12.7 Å². The monoisotopic (exact) mass is 536 g/mol. The number of para-hydroxylation sites is 1. The second kappa shape index (κ2) is 11.5. The zero-order valence-electron chi connectivity index (χ0n) is 21.9. The van der Waals surface area contributed by atoms with E-state index in [9.17, 15) is 9.18 Å². The third-order valence-corrected chi connectivity index (χ3v) is 7.13. The van der Waals surface area contributed by atoms with Crippen LogP contribution < -0.4 is 5.32 Å². The normalized spacial score (nSPS) is 13.1. The summed E-state index contributed by atoms with van der Waals surface area (Å²) in [5.41, 5.74) is 5.56. The van der Waals surface area contributed by atoms with E-state index in [1.54, 1.807) is 11.1 Å². The Morgan fingerprint density at radius 2 is 1.85 bits per heavy atom. The summed E-state index contributed by atoms with van der Waals surface area (Å²) in [6.45, 7) is 1.82. The van der Waals surface area contributed by atoms with Crippen molar-refractivity contribution in [2.24, 2.45) is 0 Å². The highest BCUT2D eigenvalue weighted by Crippen LogP contribution is 2.27. The summed E-state index contributed by atoms with van der Waals surface area (Å²) in [4.78, 5) is 31.5. The van der Waals surface area contributed by atoms with Crippen LogP contribution in [-0.2, 0) is 30.6 Å². The molecule has 2 N–H and O–H groups in total. The van der Waals surface area contributed by atoms with Crippen LogP contribution in [0, 0.1) is 5.82 Å². The number of halogens is 1. The number of hydrogen-bond donors (Lipinski definition) is 2. The smallest absolute Gasteiger partial charge is 0.410 e. The van der Waals surface area contributed by atoms with Crippen LogP contribution in [0.25, 0.3) is 22.3 Å². The first-order valence-corrected chi connectivity index (χ1v) is 13.4. The van der Waals surface area contributed by atoms with E-state index < -0.39 is 5.82 Å². The minimum atomic E-state index is -0.447. The van der Waals surface area contributed by atoms with Crippen molar-refractivity contribution in [3.8, 4) is 11.4 Å². The Morgan fingerprint density at radius 3 is 2.73 bits per heavy atom. The van der Waals surface area contributed by atoms with E-state index in [1.807, 2.05) is 48.7 Å². The van der Waals surface area contributed by atoms with Gasteiger partial charge in [-0.3, -0.25) is 4.98 Å². The van der Waals surface area contributed by atoms with Gasteiger partial charge in [0, 0.05) is 60.5 Å². The number of anilines is 1. The molecule has 0 aliphatic carbocycles. The van der Waals surface area contributed by atoms with E-state index in [1.165, 1.54) is 17.0 Å². The number of hydrogen-bond acceptors (Lipinski definition) is 6. The Bertz CT molecular complexity index is 1640. The predicted octanol–water partition coefficient (Wildman–Crippen LogP) is 5.55. The zero-order chi connectivity index (χ0) is 27.3. The van der Waals surface area contributed by atoms with Gasteiger partial charge in [-0.2, -0.15) is 0 Å². The molecule has 3 aromatic heterocycles. The maximum atomic E-state index is 14.0. The van der Waals surface area contributed by atoms with Crippen molar-refractivity contribution in [1.82, 2.24) is 24.8 Å². The molecule has 2 aromatic carbocycles. The van der Waals surface area contributed by atoms with Crippen LogP contribution in [0.3, 0.4) is 0 Å². The number of H-pyrrole nitrogens is 1. The molecule has 4 heterocycles. The molecule has 1 amide bonds. The minimum absolute atomic E-state index is 0.223. The molecule has 8 nitrogen and oxygen atoms in total. The Balaban J connectivity index is 1.21. The number of pyridine rings is 1. The average molecular weight is 537 g/mol. The number of carbonyl (C=O) groups excluding carboxylic acids is 1. The molecule has 0 radical (unpaired) electrons. The van der Waals surface area contributed by atoms with Gasteiger partial charge in [-0.1, -0.05) is 48.5 Å². The minimum Gasteiger partial charge on any atom is -0.445 e. The van der Waals surface area contributed by atoms with Gasteiger partial charge in [0.15, 0.2) is 5.82 Å². The van der Waals surface area contributed by atoms with Crippen molar-refractivity contribution in [3.05, 3.63) is 107 Å². The van der Waals surface area contributed by atoms with Crippen molar-refractivity contribution in [2.45, 2.75) is 25.9 Å². The Labute approximate surface area is 231 Å². The summed E-state index contributed by atoms with van der Waals surface area (Å²) in [5, 5.41) is 4.70. The topological polar surface area (TPSA) is 96.0 Å². The van der Waals surface area contributed by atoms with Crippen LogP contribution in [0.2, 0.25) is 0 Å². The molecule has 0 fully saturated rings. The van der Waals surface area contributed by atoms with Crippen molar-refractivity contribution in [3.63, 3.8) is 0 Å². The van der Waals surface area contributed by atoms with Crippen LogP contribution in [0.5, 0.6) is 0 Å². The first-order chi connectivity index (χ1) is 19.6. The molecule has 0 bridgehead atoms. The van der Waals surface area contributed by atoms with Gasteiger partial charge in [-0.15, -0.1) is 0 Å². The molecule has 1 aliphatic heterocycles. The van der Waals surface area contributed by atoms with E-state index >= 15 is 0 Å². The quantitative estimate of drug-likeness (QED) is 0.283. The molecular formula is C31H29FN6O2. The van der Waals surface area contributed by atoms with Gasteiger partial charge in [0.25, 0.3) is 0 Å².